The number of aldehydes is 1. The maximum atomic E-state index is 10.4. The van der Waals surface area contributed by atoms with Crippen molar-refractivity contribution in [1.29, 1.82) is 0 Å². The van der Waals surface area contributed by atoms with Crippen LogP contribution < -0.4 is 5.73 Å². The van der Waals surface area contributed by atoms with Gasteiger partial charge in [0.15, 0.2) is 0 Å². The second-order valence-electron chi connectivity index (χ2n) is 4.27. The van der Waals surface area contributed by atoms with Crippen LogP contribution in [0.25, 0.3) is 0 Å². The van der Waals surface area contributed by atoms with Gasteiger partial charge in [0.1, 0.15) is 6.29 Å². The molecule has 0 radical (unpaired) electrons. The average molecular weight is 143 g/mol. The van der Waals surface area contributed by atoms with Crippen molar-refractivity contribution in [2.45, 2.75) is 39.7 Å². The van der Waals surface area contributed by atoms with Crippen molar-refractivity contribution in [3.05, 3.63) is 0 Å². The van der Waals surface area contributed by atoms with Crippen LogP contribution in [0.5, 0.6) is 0 Å². The third-order valence-corrected chi connectivity index (χ3v) is 1.23. The standard InChI is InChI=1S/C8H17NO/c1-7(2,6-10)5-8(3,4)9/h6H,5,9H2,1-4H3. The van der Waals surface area contributed by atoms with E-state index in [9.17, 15) is 4.79 Å². The summed E-state index contributed by atoms with van der Waals surface area (Å²) in [5.74, 6) is 0. The Morgan fingerprint density at radius 2 is 1.70 bits per heavy atom. The summed E-state index contributed by atoms with van der Waals surface area (Å²) in [6.07, 6.45) is 1.69. The molecule has 10 heavy (non-hydrogen) atoms. The van der Waals surface area contributed by atoms with Gasteiger partial charge in [0.05, 0.1) is 0 Å². The molecule has 0 aliphatic rings. The van der Waals surface area contributed by atoms with Crippen LogP contribution in [-0.2, 0) is 4.79 Å². The van der Waals surface area contributed by atoms with Crippen molar-refractivity contribution in [3.63, 3.8) is 0 Å². The van der Waals surface area contributed by atoms with E-state index in [-0.39, 0.29) is 11.0 Å². The van der Waals surface area contributed by atoms with Gasteiger partial charge in [0, 0.05) is 11.0 Å². The summed E-state index contributed by atoms with van der Waals surface area (Å²) in [6, 6.07) is 0. The highest BCUT2D eigenvalue weighted by Gasteiger charge is 2.24. The fraction of sp³-hybridized carbons (Fsp3) is 0.875. The van der Waals surface area contributed by atoms with E-state index in [1.165, 1.54) is 0 Å². The van der Waals surface area contributed by atoms with Gasteiger partial charge in [0.2, 0.25) is 0 Å². The molecule has 0 rings (SSSR count). The molecule has 2 N–H and O–H groups in total. The van der Waals surface area contributed by atoms with Crippen molar-refractivity contribution < 1.29 is 4.79 Å². The number of carbonyl (C=O) groups excluding carboxylic acids is 1. The van der Waals surface area contributed by atoms with Crippen LogP contribution in [-0.4, -0.2) is 11.8 Å². The predicted octanol–water partition coefficient (Wildman–Crippen LogP) is 1.34. The van der Waals surface area contributed by atoms with Gasteiger partial charge < -0.3 is 10.5 Å². The lowest BCUT2D eigenvalue weighted by molar-refractivity contribution is -0.115. The molecule has 0 fully saturated rings. The van der Waals surface area contributed by atoms with E-state index in [1.807, 2.05) is 27.7 Å². The Labute approximate surface area is 62.8 Å². The first-order chi connectivity index (χ1) is 4.27. The SMILES string of the molecule is CC(C)(N)CC(C)(C)C=O. The van der Waals surface area contributed by atoms with E-state index in [1.54, 1.807) is 0 Å². The van der Waals surface area contributed by atoms with Crippen molar-refractivity contribution in [3.8, 4) is 0 Å². The summed E-state index contributed by atoms with van der Waals surface area (Å²) in [6.45, 7) is 7.65. The van der Waals surface area contributed by atoms with Crippen LogP contribution >= 0.6 is 0 Å². The summed E-state index contributed by atoms with van der Waals surface area (Å²) in [4.78, 5) is 10.4. The summed E-state index contributed by atoms with van der Waals surface area (Å²) >= 11 is 0. The van der Waals surface area contributed by atoms with E-state index < -0.39 is 0 Å². The summed E-state index contributed by atoms with van der Waals surface area (Å²) < 4.78 is 0. The van der Waals surface area contributed by atoms with Gasteiger partial charge in [-0.1, -0.05) is 13.8 Å². The minimum Gasteiger partial charge on any atom is -0.326 e. The second-order valence-corrected chi connectivity index (χ2v) is 4.27. The molecule has 0 aromatic carbocycles. The smallest absolute Gasteiger partial charge is 0.125 e. The first-order valence-electron chi connectivity index (χ1n) is 3.52. The van der Waals surface area contributed by atoms with Gasteiger partial charge in [-0.15, -0.1) is 0 Å². The molecule has 0 heterocycles. The Balaban J connectivity index is 4.01. The second kappa shape index (κ2) is 2.70. The zero-order valence-corrected chi connectivity index (χ0v) is 7.27. The molecule has 0 aliphatic carbocycles. The normalized spacial score (nSPS) is 13.3. The summed E-state index contributed by atoms with van der Waals surface area (Å²) in [7, 11) is 0. The molecule has 0 bridgehead atoms. The molecule has 0 amide bonds. The zero-order valence-electron chi connectivity index (χ0n) is 7.27. The lowest BCUT2D eigenvalue weighted by atomic mass is 9.82. The predicted molar refractivity (Wildman–Crippen MR) is 42.7 cm³/mol. The van der Waals surface area contributed by atoms with Crippen LogP contribution in [0.3, 0.4) is 0 Å². The zero-order chi connectivity index (χ0) is 8.41. The van der Waals surface area contributed by atoms with E-state index in [2.05, 4.69) is 0 Å². The molecule has 60 valence electrons. The van der Waals surface area contributed by atoms with E-state index in [0.717, 1.165) is 12.7 Å². The van der Waals surface area contributed by atoms with E-state index in [4.69, 9.17) is 5.73 Å². The highest BCUT2D eigenvalue weighted by Crippen LogP contribution is 2.23. The van der Waals surface area contributed by atoms with Crippen molar-refractivity contribution in [2.24, 2.45) is 11.1 Å². The fourth-order valence-electron chi connectivity index (χ4n) is 1.22. The average Bonchev–Trinajstić information content (AvgIpc) is 1.60. The molecule has 0 saturated heterocycles. The molecular formula is C8H17NO. The van der Waals surface area contributed by atoms with Crippen molar-refractivity contribution in [1.82, 2.24) is 0 Å². The Bertz CT molecular complexity index is 122. The molecule has 0 spiro atoms. The maximum absolute atomic E-state index is 10.4. The molecule has 0 atom stereocenters. The van der Waals surface area contributed by atoms with Gasteiger partial charge in [-0.2, -0.15) is 0 Å². The number of nitrogens with two attached hydrogens (primary N) is 1. The third-order valence-electron chi connectivity index (χ3n) is 1.23. The minimum atomic E-state index is -0.280. The van der Waals surface area contributed by atoms with Gasteiger partial charge in [-0.25, -0.2) is 0 Å². The van der Waals surface area contributed by atoms with E-state index in [0.29, 0.717) is 0 Å². The van der Waals surface area contributed by atoms with Gasteiger partial charge >= 0.3 is 0 Å². The van der Waals surface area contributed by atoms with Crippen LogP contribution in [0.1, 0.15) is 34.1 Å². The minimum absolute atomic E-state index is 0.246. The Morgan fingerprint density at radius 1 is 1.30 bits per heavy atom. The lowest BCUT2D eigenvalue weighted by Crippen LogP contribution is -2.37. The Kier molecular flexibility index (Phi) is 2.60. The summed E-state index contributed by atoms with van der Waals surface area (Å²) in [5.41, 5.74) is 5.21. The third kappa shape index (κ3) is 4.50. The molecule has 0 aromatic rings. The first kappa shape index (κ1) is 9.63. The first-order valence-corrected chi connectivity index (χ1v) is 3.52. The molecular weight excluding hydrogens is 126 g/mol. The highest BCUT2D eigenvalue weighted by atomic mass is 16.1. The van der Waals surface area contributed by atoms with Crippen LogP contribution in [0.2, 0.25) is 0 Å². The quantitative estimate of drug-likeness (QED) is 0.606. The highest BCUT2D eigenvalue weighted by molar-refractivity contribution is 5.58. The lowest BCUT2D eigenvalue weighted by Gasteiger charge is -2.27. The Hall–Kier alpha value is -0.370. The van der Waals surface area contributed by atoms with Crippen molar-refractivity contribution in [2.75, 3.05) is 0 Å². The van der Waals surface area contributed by atoms with Gasteiger partial charge in [0.25, 0.3) is 0 Å². The van der Waals surface area contributed by atoms with Gasteiger partial charge in [-0.05, 0) is 20.3 Å². The maximum Gasteiger partial charge on any atom is 0.125 e. The molecule has 0 aromatic heterocycles. The van der Waals surface area contributed by atoms with Crippen LogP contribution in [0, 0.1) is 5.41 Å². The fourth-order valence-corrected chi connectivity index (χ4v) is 1.22. The van der Waals surface area contributed by atoms with Crippen molar-refractivity contribution >= 4 is 6.29 Å². The molecule has 2 heteroatoms. The Morgan fingerprint density at radius 3 is 1.80 bits per heavy atom. The van der Waals surface area contributed by atoms with Crippen LogP contribution in [0.15, 0.2) is 0 Å². The number of carbonyl (C=O) groups is 1. The molecule has 0 unspecified atom stereocenters. The number of hydrogen-bond acceptors (Lipinski definition) is 2. The van der Waals surface area contributed by atoms with Gasteiger partial charge in [-0.3, -0.25) is 0 Å². The molecule has 0 saturated carbocycles. The van der Waals surface area contributed by atoms with Crippen LogP contribution in [0.4, 0.5) is 0 Å². The number of rotatable bonds is 3. The molecule has 2 nitrogen and oxygen atoms in total. The molecule has 0 aliphatic heterocycles. The largest absolute Gasteiger partial charge is 0.326 e. The number of hydrogen-bond donors (Lipinski definition) is 1. The topological polar surface area (TPSA) is 43.1 Å². The monoisotopic (exact) mass is 143 g/mol. The summed E-state index contributed by atoms with van der Waals surface area (Å²) in [5, 5.41) is 0. The van der Waals surface area contributed by atoms with E-state index >= 15 is 0 Å².